The minimum Gasteiger partial charge on any atom is -0.497 e. The number of rotatable bonds is 3. The van der Waals surface area contributed by atoms with Crippen molar-refractivity contribution in [3.05, 3.63) is 47.2 Å². The van der Waals surface area contributed by atoms with Gasteiger partial charge in [-0.1, -0.05) is 25.1 Å². The quantitative estimate of drug-likeness (QED) is 0.657. The molecule has 142 valence electrons. The predicted octanol–water partition coefficient (Wildman–Crippen LogP) is 3.23. The fraction of sp³-hybridized carbons (Fsp3) is 0.500. The first-order valence-electron chi connectivity index (χ1n) is 9.79. The van der Waals surface area contributed by atoms with E-state index in [4.69, 9.17) is 9.47 Å². The van der Waals surface area contributed by atoms with Gasteiger partial charge in [-0.25, -0.2) is 4.79 Å². The molecule has 1 fully saturated rings. The summed E-state index contributed by atoms with van der Waals surface area (Å²) < 4.78 is 10.7. The van der Waals surface area contributed by atoms with Crippen molar-refractivity contribution in [3.8, 4) is 5.75 Å². The molecule has 0 amide bonds. The number of nitrogens with one attached hydrogen (secondary N) is 1. The topological polar surface area (TPSA) is 50.8 Å². The summed E-state index contributed by atoms with van der Waals surface area (Å²) in [6.45, 7) is 4.28. The van der Waals surface area contributed by atoms with Crippen LogP contribution in [0.25, 0.3) is 0 Å². The van der Waals surface area contributed by atoms with Crippen molar-refractivity contribution in [1.29, 1.82) is 0 Å². The van der Waals surface area contributed by atoms with Gasteiger partial charge in [-0.2, -0.15) is 0 Å². The number of anilines is 1. The molecule has 1 saturated heterocycles. The van der Waals surface area contributed by atoms with Gasteiger partial charge >= 0.3 is 5.97 Å². The summed E-state index contributed by atoms with van der Waals surface area (Å²) in [4.78, 5) is 15.4. The summed E-state index contributed by atoms with van der Waals surface area (Å²) in [5, 5.41) is 3.62. The molecule has 3 aliphatic heterocycles. The van der Waals surface area contributed by atoms with Crippen molar-refractivity contribution in [2.75, 3.05) is 32.6 Å². The van der Waals surface area contributed by atoms with Gasteiger partial charge in [0.1, 0.15) is 5.75 Å². The monoisotopic (exact) mass is 366 g/mol. The summed E-state index contributed by atoms with van der Waals surface area (Å²) in [5.41, 5.74) is 4.01. The van der Waals surface area contributed by atoms with Crippen LogP contribution in [0.5, 0.6) is 5.75 Å². The molecule has 1 aliphatic carbocycles. The standard InChI is InChI=1S/C22H26N2O3/c1-4-21-8-5-10-24-11-9-22(20(21)24)16-7-6-14(26-2)12-17(16)23-18(22)15(13-21)19(25)27-3/h5-8,12,20,23H,4,9-11,13H2,1-3H3/t20?,21-,22-/m0/s1. The molecule has 1 spiro atoms. The van der Waals surface area contributed by atoms with Crippen LogP contribution in [-0.2, 0) is 14.9 Å². The molecule has 1 unspecified atom stereocenters. The van der Waals surface area contributed by atoms with E-state index in [0.29, 0.717) is 6.04 Å². The van der Waals surface area contributed by atoms with Crippen molar-refractivity contribution < 1.29 is 14.3 Å². The minimum absolute atomic E-state index is 0.0367. The first kappa shape index (κ1) is 16.9. The number of fused-ring (bicyclic) bond motifs is 1. The Morgan fingerprint density at radius 2 is 2.22 bits per heavy atom. The lowest BCUT2D eigenvalue weighted by molar-refractivity contribution is -0.137. The molecular weight excluding hydrogens is 340 g/mol. The van der Waals surface area contributed by atoms with Crippen LogP contribution in [-0.4, -0.2) is 44.2 Å². The number of esters is 1. The van der Waals surface area contributed by atoms with E-state index in [1.807, 2.05) is 6.07 Å². The maximum Gasteiger partial charge on any atom is 0.335 e. The van der Waals surface area contributed by atoms with Crippen molar-refractivity contribution in [3.63, 3.8) is 0 Å². The Labute approximate surface area is 160 Å². The molecule has 3 heterocycles. The number of hydrogen-bond donors (Lipinski definition) is 1. The van der Waals surface area contributed by atoms with Gasteiger partial charge in [-0.15, -0.1) is 0 Å². The van der Waals surface area contributed by atoms with E-state index in [1.165, 1.54) is 12.7 Å². The molecule has 4 aliphatic rings. The van der Waals surface area contributed by atoms with Gasteiger partial charge in [0.05, 0.1) is 25.2 Å². The SMILES string of the molecule is CC[C@]12C=CCN3CC[C@]4(C(=C(C(=O)OC)C1)Nc1cc(OC)ccc14)C32. The van der Waals surface area contributed by atoms with Crippen LogP contribution in [0.15, 0.2) is 41.6 Å². The third-order valence-electron chi connectivity index (χ3n) is 7.27. The van der Waals surface area contributed by atoms with Crippen molar-refractivity contribution in [1.82, 2.24) is 4.90 Å². The number of nitrogens with zero attached hydrogens (tertiary/aromatic N) is 1. The van der Waals surface area contributed by atoms with E-state index in [2.05, 4.69) is 41.4 Å². The Kier molecular flexibility index (Phi) is 3.51. The minimum atomic E-state index is -0.208. The van der Waals surface area contributed by atoms with E-state index < -0.39 is 0 Å². The lowest BCUT2D eigenvalue weighted by Gasteiger charge is -2.53. The van der Waals surface area contributed by atoms with Gasteiger partial charge in [-0.3, -0.25) is 4.90 Å². The highest BCUT2D eigenvalue weighted by molar-refractivity contribution is 5.93. The van der Waals surface area contributed by atoms with Crippen LogP contribution < -0.4 is 10.1 Å². The maximum absolute atomic E-state index is 12.8. The van der Waals surface area contributed by atoms with Crippen LogP contribution in [0.1, 0.15) is 31.7 Å². The second kappa shape index (κ2) is 5.61. The lowest BCUT2D eigenvalue weighted by Crippen LogP contribution is -2.58. The Balaban J connectivity index is 1.80. The average Bonchev–Trinajstić information content (AvgIpc) is 3.26. The molecule has 1 aromatic carbocycles. The van der Waals surface area contributed by atoms with Crippen molar-refractivity contribution >= 4 is 11.7 Å². The number of methoxy groups -OCH3 is 2. The van der Waals surface area contributed by atoms with E-state index in [-0.39, 0.29) is 16.8 Å². The Bertz CT molecular complexity index is 890. The second-order valence-electron chi connectivity index (χ2n) is 8.17. The summed E-state index contributed by atoms with van der Waals surface area (Å²) in [6.07, 6.45) is 7.41. The van der Waals surface area contributed by atoms with Crippen molar-refractivity contribution in [2.45, 2.75) is 37.6 Å². The fourth-order valence-electron chi connectivity index (χ4n) is 6.18. The van der Waals surface area contributed by atoms with Crippen LogP contribution in [0, 0.1) is 5.41 Å². The molecule has 1 aromatic rings. The van der Waals surface area contributed by atoms with Gasteiger partial charge in [0, 0.05) is 42.0 Å². The largest absolute Gasteiger partial charge is 0.497 e. The lowest BCUT2D eigenvalue weighted by atomic mass is 9.55. The first-order valence-corrected chi connectivity index (χ1v) is 9.79. The van der Waals surface area contributed by atoms with Crippen LogP contribution >= 0.6 is 0 Å². The van der Waals surface area contributed by atoms with E-state index in [9.17, 15) is 4.79 Å². The van der Waals surface area contributed by atoms with Crippen LogP contribution in [0.2, 0.25) is 0 Å². The third-order valence-corrected chi connectivity index (χ3v) is 7.27. The molecule has 5 heteroatoms. The molecule has 0 radical (unpaired) electrons. The fourth-order valence-corrected chi connectivity index (χ4v) is 6.18. The summed E-state index contributed by atoms with van der Waals surface area (Å²) >= 11 is 0. The van der Waals surface area contributed by atoms with Gasteiger partial charge < -0.3 is 14.8 Å². The van der Waals surface area contributed by atoms with Crippen LogP contribution in [0.3, 0.4) is 0 Å². The molecule has 27 heavy (non-hydrogen) atoms. The number of ether oxygens (including phenoxy) is 2. The molecule has 0 bridgehead atoms. The molecule has 0 aromatic heterocycles. The number of carbonyl (C=O) groups is 1. The second-order valence-corrected chi connectivity index (χ2v) is 8.17. The molecule has 0 saturated carbocycles. The third kappa shape index (κ3) is 1.95. The van der Waals surface area contributed by atoms with Gasteiger partial charge in [-0.05, 0) is 30.9 Å². The number of hydrogen-bond acceptors (Lipinski definition) is 5. The van der Waals surface area contributed by atoms with E-state index in [1.54, 1.807) is 7.11 Å². The van der Waals surface area contributed by atoms with Gasteiger partial charge in [0.25, 0.3) is 0 Å². The highest BCUT2D eigenvalue weighted by atomic mass is 16.5. The smallest absolute Gasteiger partial charge is 0.335 e. The molecule has 5 nitrogen and oxygen atoms in total. The molecular formula is C22H26N2O3. The Morgan fingerprint density at radius 3 is 2.96 bits per heavy atom. The zero-order valence-corrected chi connectivity index (χ0v) is 16.2. The Hall–Kier alpha value is -2.27. The number of benzene rings is 1. The predicted molar refractivity (Wildman–Crippen MR) is 104 cm³/mol. The normalized spacial score (nSPS) is 33.2. The van der Waals surface area contributed by atoms with E-state index >= 15 is 0 Å². The summed E-state index contributed by atoms with van der Waals surface area (Å²) in [7, 11) is 3.17. The zero-order chi connectivity index (χ0) is 18.8. The van der Waals surface area contributed by atoms with Crippen molar-refractivity contribution in [2.24, 2.45) is 5.41 Å². The highest BCUT2D eigenvalue weighted by Gasteiger charge is 2.65. The molecule has 1 N–H and O–H groups in total. The van der Waals surface area contributed by atoms with Crippen LogP contribution in [0.4, 0.5) is 5.69 Å². The van der Waals surface area contributed by atoms with Gasteiger partial charge in [0.15, 0.2) is 0 Å². The maximum atomic E-state index is 12.8. The highest BCUT2D eigenvalue weighted by Crippen LogP contribution is 2.64. The summed E-state index contributed by atoms with van der Waals surface area (Å²) in [5.74, 6) is 0.622. The van der Waals surface area contributed by atoms with Gasteiger partial charge in [0.2, 0.25) is 0 Å². The molecule has 3 atom stereocenters. The summed E-state index contributed by atoms with van der Waals surface area (Å²) in [6, 6.07) is 6.65. The van der Waals surface area contributed by atoms with E-state index in [0.717, 1.165) is 55.1 Å². The average molecular weight is 366 g/mol. The zero-order valence-electron chi connectivity index (χ0n) is 16.2. The Morgan fingerprint density at radius 1 is 1.37 bits per heavy atom. The molecule has 5 rings (SSSR count). The number of carbonyl (C=O) groups excluding carboxylic acids is 1. The first-order chi connectivity index (χ1) is 13.1.